The van der Waals surface area contributed by atoms with Gasteiger partial charge in [-0.25, -0.2) is 0 Å². The summed E-state index contributed by atoms with van der Waals surface area (Å²) in [6, 6.07) is 9.56. The van der Waals surface area contributed by atoms with E-state index in [1.165, 1.54) is 0 Å². The number of nitro benzene ring substituents is 2. The standard InChI is InChI=1S/C23H20BrN3O8S/c1-12(11-36-22(29)14-7-15(26(30)31)9-16(8-14)27(32)33)21(28)34-19-17-6-13(10-25)4-5-18(17)35-23(2,3)20(19)24/h4-9,12,19-20H,11H2,1-3H3/t12?,19-,20+/m0/s1. The van der Waals surface area contributed by atoms with Crippen molar-refractivity contribution in [3.05, 3.63) is 73.3 Å². The Labute approximate surface area is 218 Å². The van der Waals surface area contributed by atoms with Crippen molar-refractivity contribution in [1.29, 1.82) is 5.26 Å². The molecule has 0 radical (unpaired) electrons. The number of carbonyl (C=O) groups is 2. The van der Waals surface area contributed by atoms with E-state index < -0.39 is 54.8 Å². The van der Waals surface area contributed by atoms with Gasteiger partial charge in [-0.05, 0) is 32.0 Å². The van der Waals surface area contributed by atoms with Crippen molar-refractivity contribution in [2.75, 3.05) is 5.75 Å². The number of ether oxygens (including phenoxy) is 2. The number of alkyl halides is 1. The summed E-state index contributed by atoms with van der Waals surface area (Å²) in [5.74, 6) is -0.919. The van der Waals surface area contributed by atoms with Gasteiger partial charge in [-0.2, -0.15) is 5.26 Å². The van der Waals surface area contributed by atoms with Gasteiger partial charge < -0.3 is 9.47 Å². The largest absolute Gasteiger partial charge is 0.486 e. The Hall–Kier alpha value is -3.50. The molecule has 0 fully saturated rings. The van der Waals surface area contributed by atoms with Crippen LogP contribution in [0.15, 0.2) is 36.4 Å². The zero-order valence-corrected chi connectivity index (χ0v) is 21.7. The summed E-state index contributed by atoms with van der Waals surface area (Å²) in [7, 11) is 0. The van der Waals surface area contributed by atoms with Crippen LogP contribution < -0.4 is 4.74 Å². The van der Waals surface area contributed by atoms with Gasteiger partial charge in [0.25, 0.3) is 11.4 Å². The topological polar surface area (TPSA) is 163 Å². The zero-order valence-electron chi connectivity index (χ0n) is 19.3. The maximum atomic E-state index is 12.9. The molecule has 1 heterocycles. The van der Waals surface area contributed by atoms with Crippen molar-refractivity contribution >= 4 is 50.2 Å². The van der Waals surface area contributed by atoms with E-state index >= 15 is 0 Å². The van der Waals surface area contributed by atoms with E-state index in [2.05, 4.69) is 15.9 Å². The lowest BCUT2D eigenvalue weighted by Crippen LogP contribution is -2.47. The fourth-order valence-electron chi connectivity index (χ4n) is 3.44. The van der Waals surface area contributed by atoms with Crippen LogP contribution in [0.2, 0.25) is 0 Å². The first kappa shape index (κ1) is 27.1. The van der Waals surface area contributed by atoms with Crippen LogP contribution >= 0.6 is 27.7 Å². The maximum absolute atomic E-state index is 12.9. The Kier molecular flexibility index (Phi) is 8.00. The van der Waals surface area contributed by atoms with Crippen molar-refractivity contribution in [2.45, 2.75) is 37.3 Å². The quantitative estimate of drug-likeness (QED) is 0.187. The summed E-state index contributed by atoms with van der Waals surface area (Å²) in [5, 5.41) is 30.7. The molecule has 36 heavy (non-hydrogen) atoms. The third-order valence-electron chi connectivity index (χ3n) is 5.42. The van der Waals surface area contributed by atoms with Gasteiger partial charge in [0.2, 0.25) is 5.12 Å². The second kappa shape index (κ2) is 10.6. The molecule has 0 saturated heterocycles. The minimum absolute atomic E-state index is 0.0290. The lowest BCUT2D eigenvalue weighted by molar-refractivity contribution is -0.394. The number of fused-ring (bicyclic) bond motifs is 1. The predicted molar refractivity (Wildman–Crippen MR) is 133 cm³/mol. The summed E-state index contributed by atoms with van der Waals surface area (Å²) in [5.41, 5.74) is -1.22. The zero-order chi connectivity index (χ0) is 26.8. The van der Waals surface area contributed by atoms with Crippen LogP contribution in [0.5, 0.6) is 5.75 Å². The molecule has 2 aromatic rings. The smallest absolute Gasteiger partial charge is 0.310 e. The minimum Gasteiger partial charge on any atom is -0.486 e. The third kappa shape index (κ3) is 5.83. The van der Waals surface area contributed by atoms with Crippen molar-refractivity contribution in [2.24, 2.45) is 5.92 Å². The van der Waals surface area contributed by atoms with Crippen molar-refractivity contribution in [1.82, 2.24) is 0 Å². The second-order valence-electron chi connectivity index (χ2n) is 8.58. The number of carbonyl (C=O) groups excluding carboxylic acids is 2. The molecule has 0 bridgehead atoms. The molecule has 1 unspecified atom stereocenters. The van der Waals surface area contributed by atoms with E-state index in [1.54, 1.807) is 25.1 Å². The fourth-order valence-corrected chi connectivity index (χ4v) is 4.74. The molecule has 13 heteroatoms. The molecule has 0 spiro atoms. The number of hydrogen-bond acceptors (Lipinski definition) is 10. The normalized spacial score (nSPS) is 18.6. The number of halogens is 1. The van der Waals surface area contributed by atoms with Gasteiger partial charge in [-0.15, -0.1) is 0 Å². The van der Waals surface area contributed by atoms with Crippen LogP contribution in [0.1, 0.15) is 48.4 Å². The number of nitriles is 1. The molecule has 0 amide bonds. The highest BCUT2D eigenvalue weighted by molar-refractivity contribution is 9.09. The van der Waals surface area contributed by atoms with Gasteiger partial charge in [-0.1, -0.05) is 34.6 Å². The van der Waals surface area contributed by atoms with Gasteiger partial charge in [0, 0.05) is 29.0 Å². The summed E-state index contributed by atoms with van der Waals surface area (Å²) in [4.78, 5) is 45.6. The Bertz CT molecular complexity index is 1260. The number of benzene rings is 2. The average Bonchev–Trinajstić information content (AvgIpc) is 2.84. The van der Waals surface area contributed by atoms with Crippen LogP contribution in [0.4, 0.5) is 11.4 Å². The van der Waals surface area contributed by atoms with Gasteiger partial charge >= 0.3 is 5.97 Å². The number of hydrogen-bond donors (Lipinski definition) is 0. The van der Waals surface area contributed by atoms with Crippen LogP contribution in [0, 0.1) is 37.5 Å². The van der Waals surface area contributed by atoms with Crippen LogP contribution in [0.3, 0.4) is 0 Å². The van der Waals surface area contributed by atoms with E-state index in [0.717, 1.165) is 18.2 Å². The SMILES string of the molecule is CC(CSC(=O)c1cc([N+](=O)[O-])cc([N+](=O)[O-])c1)C(=O)O[C@H]1c2cc(C#N)ccc2OC(C)(C)[C@@H]1Br. The highest BCUT2D eigenvalue weighted by Crippen LogP contribution is 2.45. The van der Waals surface area contributed by atoms with E-state index in [4.69, 9.17) is 9.47 Å². The first-order chi connectivity index (χ1) is 16.8. The predicted octanol–water partition coefficient (Wildman–Crippen LogP) is 5.10. The molecule has 3 rings (SSSR count). The van der Waals surface area contributed by atoms with E-state index in [1.807, 2.05) is 19.9 Å². The Morgan fingerprint density at radius 2 is 1.81 bits per heavy atom. The third-order valence-corrected chi connectivity index (χ3v) is 8.17. The molecule has 11 nitrogen and oxygen atoms in total. The van der Waals surface area contributed by atoms with Gasteiger partial charge in [0.05, 0.1) is 38.3 Å². The molecule has 188 valence electrons. The van der Waals surface area contributed by atoms with E-state index in [9.17, 15) is 35.1 Å². The summed E-state index contributed by atoms with van der Waals surface area (Å²) in [6.07, 6.45) is -0.771. The van der Waals surface area contributed by atoms with Gasteiger partial charge in [0.1, 0.15) is 17.5 Å². The highest BCUT2D eigenvalue weighted by atomic mass is 79.9. The van der Waals surface area contributed by atoms with Crippen molar-refractivity contribution in [3.8, 4) is 11.8 Å². The van der Waals surface area contributed by atoms with Crippen LogP contribution in [0.25, 0.3) is 0 Å². The number of nitro groups is 2. The van der Waals surface area contributed by atoms with E-state index in [0.29, 0.717) is 28.6 Å². The monoisotopic (exact) mass is 577 g/mol. The summed E-state index contributed by atoms with van der Waals surface area (Å²) in [6.45, 7) is 5.20. The first-order valence-electron chi connectivity index (χ1n) is 10.5. The average molecular weight is 578 g/mol. The molecule has 0 saturated carbocycles. The number of non-ortho nitro benzene ring substituents is 2. The molecule has 0 N–H and O–H groups in total. The molecule has 3 atom stereocenters. The van der Waals surface area contributed by atoms with Gasteiger partial charge in [0.15, 0.2) is 0 Å². The summed E-state index contributed by atoms with van der Waals surface area (Å²) >= 11 is 4.24. The number of nitrogens with zero attached hydrogens (tertiary/aromatic N) is 3. The Balaban J connectivity index is 1.74. The molecule has 1 aliphatic rings. The van der Waals surface area contributed by atoms with Crippen LogP contribution in [-0.4, -0.2) is 37.1 Å². The number of thioether (sulfide) groups is 1. The first-order valence-corrected chi connectivity index (χ1v) is 12.4. The van der Waals surface area contributed by atoms with Crippen molar-refractivity contribution < 1.29 is 28.9 Å². The fraction of sp³-hybridized carbons (Fsp3) is 0.348. The second-order valence-corrected chi connectivity index (χ2v) is 10.6. The number of esters is 1. The molecule has 2 aromatic carbocycles. The van der Waals surface area contributed by atoms with Crippen molar-refractivity contribution in [3.63, 3.8) is 0 Å². The minimum atomic E-state index is -0.823. The molecule has 1 aliphatic heterocycles. The lowest BCUT2D eigenvalue weighted by atomic mass is 9.90. The van der Waals surface area contributed by atoms with E-state index in [-0.39, 0.29) is 11.3 Å². The summed E-state index contributed by atoms with van der Waals surface area (Å²) < 4.78 is 11.8. The van der Waals surface area contributed by atoms with Gasteiger partial charge in [-0.3, -0.25) is 29.8 Å². The molecule has 0 aliphatic carbocycles. The molecule has 0 aromatic heterocycles. The molecular formula is C23H20BrN3O8S. The Morgan fingerprint density at radius 3 is 2.36 bits per heavy atom. The molecular weight excluding hydrogens is 558 g/mol. The number of rotatable bonds is 7. The maximum Gasteiger partial charge on any atom is 0.310 e. The highest BCUT2D eigenvalue weighted by Gasteiger charge is 2.45. The Morgan fingerprint density at radius 1 is 1.19 bits per heavy atom. The lowest BCUT2D eigenvalue weighted by Gasteiger charge is -2.41. The van der Waals surface area contributed by atoms with Crippen LogP contribution in [-0.2, 0) is 9.53 Å².